The van der Waals surface area contributed by atoms with Crippen LogP contribution >= 0.6 is 0 Å². The lowest BCUT2D eigenvalue weighted by Gasteiger charge is -2.30. The van der Waals surface area contributed by atoms with Crippen molar-refractivity contribution in [3.05, 3.63) is 112 Å². The van der Waals surface area contributed by atoms with Crippen molar-refractivity contribution in [2.45, 2.75) is 45.4 Å². The van der Waals surface area contributed by atoms with Crippen LogP contribution in [0.5, 0.6) is 0 Å². The Morgan fingerprint density at radius 3 is 2.40 bits per heavy atom. The van der Waals surface area contributed by atoms with Crippen LogP contribution in [0.2, 0.25) is 0 Å². The molecule has 0 saturated carbocycles. The summed E-state index contributed by atoms with van der Waals surface area (Å²) in [5.74, 6) is 1.06. The van der Waals surface area contributed by atoms with Crippen molar-refractivity contribution in [3.8, 4) is 11.1 Å². The zero-order valence-corrected chi connectivity index (χ0v) is 18.3. The van der Waals surface area contributed by atoms with Gasteiger partial charge in [0, 0.05) is 11.3 Å². The molecule has 0 radical (unpaired) electrons. The third-order valence-electron chi connectivity index (χ3n) is 7.91. The summed E-state index contributed by atoms with van der Waals surface area (Å²) in [6, 6.07) is 22.8. The molecule has 0 fully saturated rings. The van der Waals surface area contributed by atoms with E-state index >= 15 is 0 Å². The van der Waals surface area contributed by atoms with Crippen molar-refractivity contribution in [2.75, 3.05) is 0 Å². The second kappa shape index (κ2) is 6.08. The monoisotopic (exact) mass is 388 g/mol. The standard InChI is InChI=1S/C30H28/c1-18-13-14-23-22-10-6-5-9-20(22)17-26(23)28(18)21-15-16-25-24-11-7-8-12-27(24)30(3,4)29(25)19(21)2/h5-16,23,26H,17H2,1-4H3. The Hall–Kier alpha value is -2.86. The van der Waals surface area contributed by atoms with Crippen molar-refractivity contribution in [1.82, 2.24) is 0 Å². The Morgan fingerprint density at radius 2 is 1.53 bits per heavy atom. The summed E-state index contributed by atoms with van der Waals surface area (Å²) in [6.45, 7) is 9.45. The van der Waals surface area contributed by atoms with Gasteiger partial charge in [0.15, 0.2) is 0 Å². The van der Waals surface area contributed by atoms with Gasteiger partial charge in [-0.15, -0.1) is 0 Å². The van der Waals surface area contributed by atoms with Gasteiger partial charge >= 0.3 is 0 Å². The molecule has 3 aliphatic carbocycles. The van der Waals surface area contributed by atoms with E-state index < -0.39 is 0 Å². The molecule has 148 valence electrons. The molecule has 0 nitrogen and oxygen atoms in total. The van der Waals surface area contributed by atoms with Gasteiger partial charge in [-0.1, -0.05) is 86.7 Å². The van der Waals surface area contributed by atoms with E-state index in [-0.39, 0.29) is 5.41 Å². The number of hydrogen-bond acceptors (Lipinski definition) is 0. The second-order valence-electron chi connectivity index (χ2n) is 9.82. The lowest BCUT2D eigenvalue weighted by Crippen LogP contribution is -2.19. The highest BCUT2D eigenvalue weighted by Gasteiger charge is 2.40. The van der Waals surface area contributed by atoms with Gasteiger partial charge in [0.05, 0.1) is 0 Å². The van der Waals surface area contributed by atoms with Gasteiger partial charge in [-0.25, -0.2) is 0 Å². The molecule has 3 aromatic rings. The van der Waals surface area contributed by atoms with Crippen LogP contribution in [0.3, 0.4) is 0 Å². The van der Waals surface area contributed by atoms with E-state index in [9.17, 15) is 0 Å². The van der Waals surface area contributed by atoms with Crippen LogP contribution in [0, 0.1) is 12.8 Å². The fourth-order valence-electron chi connectivity index (χ4n) is 6.62. The molecule has 0 aliphatic heterocycles. The van der Waals surface area contributed by atoms with Crippen LogP contribution in [-0.2, 0) is 11.8 Å². The third kappa shape index (κ3) is 2.23. The molecule has 0 bridgehead atoms. The van der Waals surface area contributed by atoms with Gasteiger partial charge in [0.25, 0.3) is 0 Å². The molecule has 0 heteroatoms. The maximum Gasteiger partial charge on any atom is 0.0161 e. The normalized spacial score (nSPS) is 22.5. The first kappa shape index (κ1) is 18.0. The second-order valence-corrected chi connectivity index (χ2v) is 9.82. The first-order valence-corrected chi connectivity index (χ1v) is 11.2. The van der Waals surface area contributed by atoms with Crippen LogP contribution in [0.25, 0.3) is 16.7 Å². The van der Waals surface area contributed by atoms with E-state index in [0.29, 0.717) is 11.8 Å². The van der Waals surface area contributed by atoms with E-state index in [1.54, 1.807) is 5.57 Å². The van der Waals surface area contributed by atoms with Gasteiger partial charge in [-0.3, -0.25) is 0 Å². The molecular formula is C30H28. The highest BCUT2D eigenvalue weighted by molar-refractivity contribution is 5.87. The van der Waals surface area contributed by atoms with Gasteiger partial charge in [-0.05, 0) is 81.8 Å². The lowest BCUT2D eigenvalue weighted by atomic mass is 9.73. The maximum absolute atomic E-state index is 2.44. The minimum Gasteiger partial charge on any atom is -0.0761 e. The van der Waals surface area contributed by atoms with E-state index in [0.717, 1.165) is 6.42 Å². The van der Waals surface area contributed by atoms with Crippen molar-refractivity contribution >= 4 is 5.57 Å². The van der Waals surface area contributed by atoms with E-state index in [2.05, 4.69) is 101 Å². The van der Waals surface area contributed by atoms with Crippen molar-refractivity contribution < 1.29 is 0 Å². The Morgan fingerprint density at radius 1 is 0.800 bits per heavy atom. The summed E-state index contributed by atoms with van der Waals surface area (Å²) in [7, 11) is 0. The Balaban J connectivity index is 1.54. The average molecular weight is 389 g/mol. The SMILES string of the molecule is CC1=C(c2ccc3c(c2C)C(C)(C)c2ccccc2-3)C2Cc3ccccc3C2C=C1. The predicted octanol–water partition coefficient (Wildman–Crippen LogP) is 7.60. The largest absolute Gasteiger partial charge is 0.0761 e. The molecule has 0 spiro atoms. The smallest absolute Gasteiger partial charge is 0.0161 e. The molecular weight excluding hydrogens is 360 g/mol. The Kier molecular flexibility index (Phi) is 3.64. The maximum atomic E-state index is 2.44. The third-order valence-corrected chi connectivity index (χ3v) is 7.91. The van der Waals surface area contributed by atoms with E-state index in [1.807, 2.05) is 0 Å². The summed E-state index contributed by atoms with van der Waals surface area (Å²) in [5.41, 5.74) is 14.8. The molecule has 3 aromatic carbocycles. The molecule has 2 atom stereocenters. The summed E-state index contributed by atoms with van der Waals surface area (Å²) in [5, 5.41) is 0. The number of benzene rings is 3. The number of rotatable bonds is 1. The van der Waals surface area contributed by atoms with Crippen molar-refractivity contribution in [3.63, 3.8) is 0 Å². The molecule has 3 aliphatic rings. The molecule has 30 heavy (non-hydrogen) atoms. The van der Waals surface area contributed by atoms with Crippen LogP contribution < -0.4 is 0 Å². The van der Waals surface area contributed by atoms with Gasteiger partial charge < -0.3 is 0 Å². The molecule has 0 saturated heterocycles. The lowest BCUT2D eigenvalue weighted by molar-refractivity contribution is 0.639. The minimum atomic E-state index is 0.0447. The summed E-state index contributed by atoms with van der Waals surface area (Å²) >= 11 is 0. The topological polar surface area (TPSA) is 0 Å². The summed E-state index contributed by atoms with van der Waals surface area (Å²) in [4.78, 5) is 0. The van der Waals surface area contributed by atoms with Crippen LogP contribution in [0.15, 0.2) is 78.4 Å². The molecule has 2 unspecified atom stereocenters. The molecule has 6 rings (SSSR count). The van der Waals surface area contributed by atoms with Gasteiger partial charge in [0.2, 0.25) is 0 Å². The molecule has 0 heterocycles. The molecule has 0 N–H and O–H groups in total. The van der Waals surface area contributed by atoms with E-state index in [1.165, 1.54) is 50.1 Å². The quantitative estimate of drug-likeness (QED) is 0.402. The van der Waals surface area contributed by atoms with Gasteiger partial charge in [-0.2, -0.15) is 0 Å². The highest BCUT2D eigenvalue weighted by Crippen LogP contribution is 2.54. The number of fused-ring (bicyclic) bond motifs is 6. The van der Waals surface area contributed by atoms with Crippen LogP contribution in [-0.4, -0.2) is 0 Å². The van der Waals surface area contributed by atoms with Crippen LogP contribution in [0.4, 0.5) is 0 Å². The first-order valence-electron chi connectivity index (χ1n) is 11.2. The van der Waals surface area contributed by atoms with Crippen molar-refractivity contribution in [1.29, 1.82) is 0 Å². The fraction of sp³-hybridized carbons (Fsp3) is 0.267. The Labute approximate surface area is 180 Å². The zero-order valence-electron chi connectivity index (χ0n) is 18.3. The predicted molar refractivity (Wildman–Crippen MR) is 127 cm³/mol. The first-order chi connectivity index (χ1) is 14.5. The fourth-order valence-corrected chi connectivity index (χ4v) is 6.62. The molecule has 0 amide bonds. The number of allylic oxidation sites excluding steroid dienone is 4. The summed E-state index contributed by atoms with van der Waals surface area (Å²) < 4.78 is 0. The minimum absolute atomic E-state index is 0.0447. The zero-order chi connectivity index (χ0) is 20.6. The van der Waals surface area contributed by atoms with Gasteiger partial charge in [0.1, 0.15) is 0 Å². The number of hydrogen-bond donors (Lipinski definition) is 0. The highest BCUT2D eigenvalue weighted by atomic mass is 14.4. The molecule has 0 aromatic heterocycles. The van der Waals surface area contributed by atoms with E-state index in [4.69, 9.17) is 0 Å². The average Bonchev–Trinajstić information content (AvgIpc) is 3.22. The Bertz CT molecular complexity index is 1260. The van der Waals surface area contributed by atoms with Crippen LogP contribution in [0.1, 0.15) is 60.1 Å². The van der Waals surface area contributed by atoms with Crippen molar-refractivity contribution in [2.24, 2.45) is 5.92 Å². The summed E-state index contributed by atoms with van der Waals surface area (Å²) in [6.07, 6.45) is 5.96.